The molecule has 0 saturated carbocycles. The van der Waals surface area contributed by atoms with Crippen LogP contribution < -0.4 is 4.68 Å². The largest absolute Gasteiger partial charge is 0.412 e. The summed E-state index contributed by atoms with van der Waals surface area (Å²) in [5.74, 6) is 0.695. The van der Waals surface area contributed by atoms with Gasteiger partial charge < -0.3 is 0 Å². The molecule has 2 aromatic rings. The summed E-state index contributed by atoms with van der Waals surface area (Å²) in [6, 6.07) is 0. The van der Waals surface area contributed by atoms with Crippen LogP contribution in [-0.4, -0.2) is 19.9 Å². The summed E-state index contributed by atoms with van der Waals surface area (Å²) in [5, 5.41) is 7.89. The van der Waals surface area contributed by atoms with Gasteiger partial charge in [0.05, 0.1) is 11.4 Å². The first kappa shape index (κ1) is 8.80. The van der Waals surface area contributed by atoms with Gasteiger partial charge in [-0.05, 0) is 20.8 Å². The van der Waals surface area contributed by atoms with Gasteiger partial charge in [0, 0.05) is 5.56 Å². The van der Waals surface area contributed by atoms with E-state index in [1.807, 2.05) is 20.8 Å². The predicted octanol–water partition coefficient (Wildman–Crippen LogP) is 0.438. The Morgan fingerprint density at radius 2 is 2.07 bits per heavy atom. The Morgan fingerprint density at radius 1 is 1.36 bits per heavy atom. The minimum atomic E-state index is 0.695. The van der Waals surface area contributed by atoms with Crippen molar-refractivity contribution in [3.63, 3.8) is 0 Å². The fraction of sp³-hybridized carbons (Fsp3) is 0.333. The van der Waals surface area contributed by atoms with Gasteiger partial charge in [0.2, 0.25) is 0 Å². The maximum absolute atomic E-state index is 4.40. The van der Waals surface area contributed by atoms with E-state index in [2.05, 4.69) is 22.0 Å². The van der Waals surface area contributed by atoms with Gasteiger partial charge in [-0.3, -0.25) is 0 Å². The van der Waals surface area contributed by atoms with Gasteiger partial charge in [0.15, 0.2) is 0 Å². The first-order chi connectivity index (χ1) is 6.65. The Hall–Kier alpha value is -1.78. The van der Waals surface area contributed by atoms with Crippen molar-refractivity contribution in [2.45, 2.75) is 20.8 Å². The molecule has 0 N–H and O–H groups in total. The number of aryl methyl sites for hydroxylation is 2. The average molecular weight is 190 g/mol. The third-order valence-electron chi connectivity index (χ3n) is 2.46. The second-order valence-electron chi connectivity index (χ2n) is 3.23. The summed E-state index contributed by atoms with van der Waals surface area (Å²) in [6.07, 6.45) is 1.59. The van der Waals surface area contributed by atoms with Crippen molar-refractivity contribution >= 4 is 12.0 Å². The van der Waals surface area contributed by atoms with Gasteiger partial charge in [-0.25, -0.2) is 0 Å². The highest BCUT2D eigenvalue weighted by molar-refractivity contribution is 5.32. The van der Waals surface area contributed by atoms with E-state index >= 15 is 0 Å². The van der Waals surface area contributed by atoms with Crippen LogP contribution in [0.5, 0.6) is 0 Å². The van der Waals surface area contributed by atoms with E-state index in [9.17, 15) is 0 Å². The van der Waals surface area contributed by atoms with E-state index in [-0.39, 0.29) is 0 Å². The second-order valence-corrected chi connectivity index (χ2v) is 3.23. The molecule has 0 spiro atoms. The third kappa shape index (κ3) is 1.02. The van der Waals surface area contributed by atoms with Crippen LogP contribution in [0.15, 0.2) is 6.58 Å². The van der Waals surface area contributed by atoms with Crippen LogP contribution in [0.2, 0.25) is 0 Å². The van der Waals surface area contributed by atoms with E-state index in [0.717, 1.165) is 17.0 Å². The molecule has 5 heteroatoms. The molecule has 0 fully saturated rings. The molecule has 72 valence electrons. The number of hydrogen-bond donors (Lipinski definition) is 0. The highest BCUT2D eigenvalue weighted by Crippen LogP contribution is 2.09. The van der Waals surface area contributed by atoms with E-state index in [1.165, 1.54) is 0 Å². The van der Waals surface area contributed by atoms with Crippen molar-refractivity contribution in [2.24, 2.45) is 0 Å². The topological polar surface area (TPSA) is 47.0 Å². The molecular formula is C9H12N5+. The Bertz CT molecular complexity index is 511. The van der Waals surface area contributed by atoms with Crippen molar-refractivity contribution in [1.29, 1.82) is 0 Å². The number of aromatic nitrogens is 5. The van der Waals surface area contributed by atoms with Crippen LogP contribution in [0.3, 0.4) is 0 Å². The lowest BCUT2D eigenvalue weighted by molar-refractivity contribution is -0.611. The number of nitrogens with zero attached hydrogens (tertiary/aromatic N) is 5. The highest BCUT2D eigenvalue weighted by Gasteiger charge is 2.17. The Labute approximate surface area is 81.7 Å². The molecule has 2 aromatic heterocycles. The number of tetrazole rings is 1. The van der Waals surface area contributed by atoms with Gasteiger partial charge in [-0.2, -0.15) is 0 Å². The quantitative estimate of drug-likeness (QED) is 0.613. The maximum atomic E-state index is 4.40. The molecule has 14 heavy (non-hydrogen) atoms. The monoisotopic (exact) mass is 190 g/mol. The number of rotatable bonds is 1. The minimum absolute atomic E-state index is 0.695. The Kier molecular flexibility index (Phi) is 1.80. The van der Waals surface area contributed by atoms with Gasteiger partial charge in [0.25, 0.3) is 0 Å². The maximum Gasteiger partial charge on any atom is 0.412 e. The predicted molar refractivity (Wildman–Crippen MR) is 51.6 cm³/mol. The Balaban J connectivity index is 2.93. The Morgan fingerprint density at radius 3 is 2.71 bits per heavy atom. The minimum Gasteiger partial charge on any atom is -0.107 e. The van der Waals surface area contributed by atoms with Crippen LogP contribution >= 0.6 is 0 Å². The van der Waals surface area contributed by atoms with Crippen LogP contribution in [0.1, 0.15) is 17.0 Å². The molecule has 0 atom stereocenters. The van der Waals surface area contributed by atoms with Crippen LogP contribution in [-0.2, 0) is 0 Å². The number of hydrogen-bond acceptors (Lipinski definition) is 3. The zero-order valence-electron chi connectivity index (χ0n) is 8.52. The first-order valence-electron chi connectivity index (χ1n) is 4.38. The zero-order chi connectivity index (χ0) is 10.3. The van der Waals surface area contributed by atoms with Gasteiger partial charge >= 0.3 is 5.78 Å². The molecular weight excluding hydrogens is 178 g/mol. The van der Waals surface area contributed by atoms with Crippen LogP contribution in [0, 0.1) is 20.8 Å². The summed E-state index contributed by atoms with van der Waals surface area (Å²) < 4.78 is 3.27. The average Bonchev–Trinajstić information content (AvgIpc) is 2.57. The van der Waals surface area contributed by atoms with E-state index in [0.29, 0.717) is 5.78 Å². The lowest BCUT2D eigenvalue weighted by Crippen LogP contribution is -2.29. The van der Waals surface area contributed by atoms with Crippen molar-refractivity contribution < 1.29 is 4.68 Å². The normalized spacial score (nSPS) is 10.8. The smallest absolute Gasteiger partial charge is 0.107 e. The van der Waals surface area contributed by atoms with Crippen LogP contribution in [0.4, 0.5) is 0 Å². The lowest BCUT2D eigenvalue weighted by Gasteiger charge is -1.97. The summed E-state index contributed by atoms with van der Waals surface area (Å²) in [7, 11) is 0. The molecule has 0 unspecified atom stereocenters. The molecule has 0 aromatic carbocycles. The first-order valence-corrected chi connectivity index (χ1v) is 4.38. The van der Waals surface area contributed by atoms with Gasteiger partial charge in [-0.1, -0.05) is 11.1 Å². The molecule has 2 heterocycles. The standard InChI is InChI=1S/C9H12N5/c1-5-13-9-10-7(3)6(2)8(4)14(9)12-11-13/h5H,1H2,2-4H3/q+1. The molecule has 0 aliphatic heterocycles. The van der Waals surface area contributed by atoms with E-state index < -0.39 is 0 Å². The molecule has 0 aliphatic rings. The fourth-order valence-corrected chi connectivity index (χ4v) is 1.35. The van der Waals surface area contributed by atoms with Crippen LogP contribution in [0.25, 0.3) is 12.0 Å². The lowest BCUT2D eigenvalue weighted by atomic mass is 10.2. The van der Waals surface area contributed by atoms with Crippen molar-refractivity contribution in [3.8, 4) is 0 Å². The molecule has 5 nitrogen and oxygen atoms in total. The summed E-state index contributed by atoms with van der Waals surface area (Å²) in [4.78, 5) is 4.40. The van der Waals surface area contributed by atoms with Gasteiger partial charge in [0.1, 0.15) is 16.6 Å². The highest BCUT2D eigenvalue weighted by atomic mass is 15.6. The molecule has 0 saturated heterocycles. The number of fused-ring (bicyclic) bond motifs is 1. The van der Waals surface area contributed by atoms with Crippen molar-refractivity contribution in [1.82, 2.24) is 19.9 Å². The molecule has 2 rings (SSSR count). The SMILES string of the molecule is C=C[n+]1nnn2c(C)c(C)c(C)nc21. The van der Waals surface area contributed by atoms with E-state index in [1.54, 1.807) is 15.4 Å². The van der Waals surface area contributed by atoms with Crippen molar-refractivity contribution in [2.75, 3.05) is 0 Å². The molecule has 0 aliphatic carbocycles. The second kappa shape index (κ2) is 2.87. The summed E-state index contributed by atoms with van der Waals surface area (Å²) >= 11 is 0. The molecule has 0 amide bonds. The zero-order valence-corrected chi connectivity index (χ0v) is 8.52. The van der Waals surface area contributed by atoms with E-state index in [4.69, 9.17) is 0 Å². The summed E-state index contributed by atoms with van der Waals surface area (Å²) in [6.45, 7) is 9.64. The fourth-order valence-electron chi connectivity index (χ4n) is 1.35. The molecule has 0 bridgehead atoms. The van der Waals surface area contributed by atoms with Gasteiger partial charge in [-0.15, -0.1) is 9.67 Å². The summed E-state index contributed by atoms with van der Waals surface area (Å²) in [5.41, 5.74) is 3.19. The van der Waals surface area contributed by atoms with Crippen molar-refractivity contribution in [3.05, 3.63) is 23.5 Å². The third-order valence-corrected chi connectivity index (χ3v) is 2.46. The molecule has 0 radical (unpaired) electrons.